The van der Waals surface area contributed by atoms with Crippen molar-refractivity contribution in [3.63, 3.8) is 0 Å². The molecule has 23 heavy (non-hydrogen) atoms. The van der Waals surface area contributed by atoms with E-state index in [1.54, 1.807) is 6.08 Å². The molecule has 2 atom stereocenters. The molecule has 3 rings (SSSR count). The van der Waals surface area contributed by atoms with Gasteiger partial charge in [-0.05, 0) is 36.2 Å². The van der Waals surface area contributed by atoms with Crippen molar-refractivity contribution in [1.82, 2.24) is 0 Å². The molecule has 2 unspecified atom stereocenters. The van der Waals surface area contributed by atoms with Crippen molar-refractivity contribution in [1.29, 1.82) is 0 Å². The number of Topliss-reactive ketones (excluding diaryl/α,β-unsaturated/α-hetero) is 3. The maximum Gasteiger partial charge on any atom is 0.230 e. The van der Waals surface area contributed by atoms with Crippen LogP contribution in [0.5, 0.6) is 0 Å². The molecule has 0 heterocycles. The Morgan fingerprint density at radius 2 is 1.70 bits per heavy atom. The minimum atomic E-state index is -0.426. The van der Waals surface area contributed by atoms with E-state index in [1.807, 2.05) is 13.8 Å². The average molecular weight is 314 g/mol. The van der Waals surface area contributed by atoms with Gasteiger partial charge < -0.3 is 0 Å². The SMILES string of the molecule is CC(C)C1=CC2=C(C(=O)C1=O)C1(C)CCCC(C)(C)C1CC2=O. The highest BCUT2D eigenvalue weighted by Gasteiger charge is 2.56. The fourth-order valence-corrected chi connectivity index (χ4v) is 5.09. The zero-order valence-electron chi connectivity index (χ0n) is 14.8. The van der Waals surface area contributed by atoms with Gasteiger partial charge in [0.25, 0.3) is 0 Å². The van der Waals surface area contributed by atoms with Gasteiger partial charge in [-0.25, -0.2) is 0 Å². The van der Waals surface area contributed by atoms with Crippen LogP contribution in [0.25, 0.3) is 0 Å². The Hall–Kier alpha value is -1.51. The number of carbonyl (C=O) groups is 3. The molecule has 3 nitrogen and oxygen atoms in total. The van der Waals surface area contributed by atoms with Gasteiger partial charge in [-0.15, -0.1) is 0 Å². The van der Waals surface area contributed by atoms with Crippen molar-refractivity contribution >= 4 is 17.3 Å². The second-order valence-corrected chi connectivity index (χ2v) is 8.64. The molecule has 0 bridgehead atoms. The monoisotopic (exact) mass is 314 g/mol. The Morgan fingerprint density at radius 3 is 2.30 bits per heavy atom. The van der Waals surface area contributed by atoms with Gasteiger partial charge in [0.2, 0.25) is 11.6 Å². The van der Waals surface area contributed by atoms with E-state index >= 15 is 0 Å². The van der Waals surface area contributed by atoms with Crippen LogP contribution in [-0.4, -0.2) is 17.3 Å². The van der Waals surface area contributed by atoms with Crippen LogP contribution in [0.4, 0.5) is 0 Å². The van der Waals surface area contributed by atoms with Crippen LogP contribution < -0.4 is 0 Å². The lowest BCUT2D eigenvalue weighted by molar-refractivity contribution is -0.135. The molecule has 124 valence electrons. The number of fused-ring (bicyclic) bond motifs is 2. The number of allylic oxidation sites excluding steroid dienone is 4. The standard InChI is InChI=1S/C20H26O3/c1-11(2)12-9-13-14(21)10-15-19(3,4)7-6-8-20(15,5)16(13)18(23)17(12)22/h9,11,15H,6-8,10H2,1-5H3. The maximum absolute atomic E-state index is 12.9. The molecule has 3 heteroatoms. The summed E-state index contributed by atoms with van der Waals surface area (Å²) in [6, 6.07) is 0. The summed E-state index contributed by atoms with van der Waals surface area (Å²) in [5, 5.41) is 0. The summed E-state index contributed by atoms with van der Waals surface area (Å²) in [5.74, 6) is -0.694. The minimum absolute atomic E-state index is 0.0204. The van der Waals surface area contributed by atoms with Crippen molar-refractivity contribution in [3.05, 3.63) is 22.8 Å². The van der Waals surface area contributed by atoms with Crippen LogP contribution in [0.15, 0.2) is 22.8 Å². The number of carbonyl (C=O) groups excluding carboxylic acids is 3. The molecular formula is C20H26O3. The number of hydrogen-bond donors (Lipinski definition) is 0. The predicted molar refractivity (Wildman–Crippen MR) is 88.8 cm³/mol. The van der Waals surface area contributed by atoms with Crippen molar-refractivity contribution in [2.75, 3.05) is 0 Å². The van der Waals surface area contributed by atoms with Gasteiger partial charge >= 0.3 is 0 Å². The van der Waals surface area contributed by atoms with E-state index in [1.165, 1.54) is 0 Å². The second-order valence-electron chi connectivity index (χ2n) is 8.64. The van der Waals surface area contributed by atoms with Crippen LogP contribution in [-0.2, 0) is 14.4 Å². The smallest absolute Gasteiger partial charge is 0.230 e. The normalized spacial score (nSPS) is 33.6. The van der Waals surface area contributed by atoms with Gasteiger partial charge in [-0.1, -0.05) is 41.0 Å². The molecule has 0 aromatic rings. The lowest BCUT2D eigenvalue weighted by Gasteiger charge is -2.54. The molecule has 0 aromatic heterocycles. The van der Waals surface area contributed by atoms with Crippen molar-refractivity contribution in [2.45, 2.75) is 60.3 Å². The molecule has 0 radical (unpaired) electrons. The fourth-order valence-electron chi connectivity index (χ4n) is 5.09. The Morgan fingerprint density at radius 1 is 1.04 bits per heavy atom. The van der Waals surface area contributed by atoms with Crippen LogP contribution in [0.2, 0.25) is 0 Å². The number of ketones is 3. The molecule has 0 aliphatic heterocycles. The molecule has 1 saturated carbocycles. The third-order valence-electron chi connectivity index (χ3n) is 6.38. The highest BCUT2D eigenvalue weighted by atomic mass is 16.2. The largest absolute Gasteiger partial charge is 0.294 e. The first-order valence-electron chi connectivity index (χ1n) is 8.68. The molecule has 0 saturated heterocycles. The van der Waals surface area contributed by atoms with E-state index in [4.69, 9.17) is 0 Å². The zero-order valence-corrected chi connectivity index (χ0v) is 14.8. The first kappa shape index (κ1) is 16.4. The van der Waals surface area contributed by atoms with E-state index < -0.39 is 11.6 Å². The topological polar surface area (TPSA) is 51.2 Å². The first-order valence-corrected chi connectivity index (χ1v) is 8.68. The average Bonchev–Trinajstić information content (AvgIpc) is 2.43. The van der Waals surface area contributed by atoms with Crippen LogP contribution in [0.3, 0.4) is 0 Å². The van der Waals surface area contributed by atoms with Crippen molar-refractivity contribution in [3.8, 4) is 0 Å². The summed E-state index contributed by atoms with van der Waals surface area (Å²) in [7, 11) is 0. The molecule has 1 fully saturated rings. The van der Waals surface area contributed by atoms with Crippen molar-refractivity contribution in [2.24, 2.45) is 22.7 Å². The van der Waals surface area contributed by atoms with Crippen LogP contribution >= 0.6 is 0 Å². The summed E-state index contributed by atoms with van der Waals surface area (Å²) in [4.78, 5) is 38.2. The van der Waals surface area contributed by atoms with Crippen LogP contribution in [0.1, 0.15) is 60.3 Å². The highest BCUT2D eigenvalue weighted by molar-refractivity contribution is 6.51. The van der Waals surface area contributed by atoms with Gasteiger partial charge in [0.1, 0.15) is 0 Å². The third-order valence-corrected chi connectivity index (χ3v) is 6.38. The Bertz CT molecular complexity index is 675. The van der Waals surface area contributed by atoms with E-state index in [2.05, 4.69) is 20.8 Å². The van der Waals surface area contributed by atoms with Crippen molar-refractivity contribution < 1.29 is 14.4 Å². The van der Waals surface area contributed by atoms with E-state index in [-0.39, 0.29) is 28.4 Å². The van der Waals surface area contributed by atoms with E-state index in [0.717, 1.165) is 19.3 Å². The molecule has 0 aromatic carbocycles. The summed E-state index contributed by atoms with van der Waals surface area (Å²) < 4.78 is 0. The Balaban J connectivity index is 2.23. The summed E-state index contributed by atoms with van der Waals surface area (Å²) in [6.45, 7) is 10.3. The van der Waals surface area contributed by atoms with Gasteiger partial charge in [-0.3, -0.25) is 14.4 Å². The zero-order chi connectivity index (χ0) is 17.2. The highest BCUT2D eigenvalue weighted by Crippen LogP contribution is 2.59. The van der Waals surface area contributed by atoms with Crippen LogP contribution in [0, 0.1) is 22.7 Å². The molecule has 0 amide bonds. The van der Waals surface area contributed by atoms with E-state index in [9.17, 15) is 14.4 Å². The molecule has 3 aliphatic rings. The Labute approximate surface area is 138 Å². The lowest BCUT2D eigenvalue weighted by atomic mass is 9.48. The molecular weight excluding hydrogens is 288 g/mol. The van der Waals surface area contributed by atoms with Gasteiger partial charge in [0.15, 0.2) is 5.78 Å². The fraction of sp³-hybridized carbons (Fsp3) is 0.650. The van der Waals surface area contributed by atoms with E-state index in [0.29, 0.717) is 23.1 Å². The number of rotatable bonds is 1. The number of hydrogen-bond acceptors (Lipinski definition) is 3. The van der Waals surface area contributed by atoms with Gasteiger partial charge in [0.05, 0.1) is 0 Å². The quantitative estimate of drug-likeness (QED) is 0.546. The van der Waals surface area contributed by atoms with Gasteiger partial charge in [-0.2, -0.15) is 0 Å². The minimum Gasteiger partial charge on any atom is -0.294 e. The molecule has 0 spiro atoms. The second kappa shape index (κ2) is 4.99. The molecule has 0 N–H and O–H groups in total. The summed E-state index contributed by atoms with van der Waals surface area (Å²) >= 11 is 0. The predicted octanol–water partition coefficient (Wildman–Crippen LogP) is 3.82. The Kier molecular flexibility index (Phi) is 3.55. The summed E-state index contributed by atoms with van der Waals surface area (Å²) in [5.41, 5.74) is 1.19. The molecule has 3 aliphatic carbocycles. The lowest BCUT2D eigenvalue weighted by Crippen LogP contribution is -2.51. The maximum atomic E-state index is 12.9. The van der Waals surface area contributed by atoms with Gasteiger partial charge in [0, 0.05) is 28.6 Å². The third kappa shape index (κ3) is 2.20. The summed E-state index contributed by atoms with van der Waals surface area (Å²) in [6.07, 6.45) is 5.20. The first-order chi connectivity index (χ1) is 10.6.